The van der Waals surface area contributed by atoms with Crippen LogP contribution >= 0.6 is 11.8 Å². The van der Waals surface area contributed by atoms with E-state index in [4.69, 9.17) is 5.84 Å². The Bertz CT molecular complexity index is 714. The summed E-state index contributed by atoms with van der Waals surface area (Å²) in [6, 6.07) is 5.08. The molecule has 0 saturated carbocycles. The summed E-state index contributed by atoms with van der Waals surface area (Å²) in [5, 5.41) is 0.0246. The van der Waals surface area contributed by atoms with Crippen LogP contribution in [0.4, 0.5) is 5.82 Å². The third-order valence-corrected chi connectivity index (χ3v) is 5.24. The van der Waals surface area contributed by atoms with Crippen molar-refractivity contribution in [2.75, 3.05) is 17.4 Å². The van der Waals surface area contributed by atoms with Crippen molar-refractivity contribution in [1.82, 2.24) is 14.1 Å². The molecule has 0 fully saturated rings. The fourth-order valence-corrected chi connectivity index (χ4v) is 4.12. The van der Waals surface area contributed by atoms with Crippen molar-refractivity contribution in [2.45, 2.75) is 24.4 Å². The second-order valence-electron chi connectivity index (χ2n) is 4.64. The maximum Gasteiger partial charge on any atom is 0.260 e. The van der Waals surface area contributed by atoms with Crippen molar-refractivity contribution in [3.63, 3.8) is 0 Å². The van der Waals surface area contributed by atoms with Gasteiger partial charge in [-0.2, -0.15) is 11.8 Å². The molecule has 1 atom stereocenters. The molecule has 0 aromatic carbocycles. The summed E-state index contributed by atoms with van der Waals surface area (Å²) in [5.74, 6) is 6.42. The van der Waals surface area contributed by atoms with E-state index in [-0.39, 0.29) is 16.9 Å². The van der Waals surface area contributed by atoms with Gasteiger partial charge in [-0.05, 0) is 37.5 Å². The van der Waals surface area contributed by atoms with Crippen molar-refractivity contribution in [3.8, 4) is 0 Å². The van der Waals surface area contributed by atoms with Gasteiger partial charge in [-0.25, -0.2) is 24.0 Å². The molecule has 0 radical (unpaired) electrons. The average Bonchev–Trinajstić information content (AvgIpc) is 2.83. The monoisotopic (exact) mass is 329 g/mol. The Kier molecular flexibility index (Phi) is 5.09. The molecule has 2 rings (SSSR count). The third-order valence-electron chi connectivity index (χ3n) is 2.99. The van der Waals surface area contributed by atoms with Crippen molar-refractivity contribution in [3.05, 3.63) is 24.4 Å². The van der Waals surface area contributed by atoms with Gasteiger partial charge in [0.05, 0.1) is 0 Å². The second-order valence-corrected chi connectivity index (χ2v) is 7.26. The molecule has 0 bridgehead atoms. The predicted octanol–water partition coefficient (Wildman–Crippen LogP) is 1.04. The minimum absolute atomic E-state index is 0.0246. The first-order valence-corrected chi connectivity index (χ1v) is 9.32. The highest BCUT2D eigenvalue weighted by atomic mass is 32.2. The molecule has 4 N–H and O–H groups in total. The van der Waals surface area contributed by atoms with E-state index in [2.05, 4.69) is 15.1 Å². The van der Waals surface area contributed by atoms with Crippen molar-refractivity contribution < 1.29 is 8.42 Å². The summed E-state index contributed by atoms with van der Waals surface area (Å²) < 4.78 is 29.3. The Labute approximate surface area is 128 Å². The molecule has 2 aromatic heterocycles. The molecule has 7 nitrogen and oxygen atoms in total. The van der Waals surface area contributed by atoms with Gasteiger partial charge in [0, 0.05) is 12.2 Å². The molecule has 2 heterocycles. The number of rotatable bonds is 7. The van der Waals surface area contributed by atoms with Crippen LogP contribution in [0.2, 0.25) is 0 Å². The van der Waals surface area contributed by atoms with Crippen LogP contribution in [0.15, 0.2) is 29.4 Å². The molecule has 0 aliphatic heterocycles. The lowest BCUT2D eigenvalue weighted by atomic mass is 10.3. The van der Waals surface area contributed by atoms with Crippen LogP contribution in [-0.4, -0.2) is 35.9 Å². The predicted molar refractivity (Wildman–Crippen MR) is 85.8 cm³/mol. The number of nitrogens with one attached hydrogen (secondary N) is 2. The highest BCUT2D eigenvalue weighted by Gasteiger charge is 2.26. The lowest BCUT2D eigenvalue weighted by molar-refractivity contribution is 0.553. The van der Waals surface area contributed by atoms with Gasteiger partial charge in [0.25, 0.3) is 10.0 Å². The summed E-state index contributed by atoms with van der Waals surface area (Å²) >= 11 is 1.68. The quantitative estimate of drug-likeness (QED) is 0.518. The summed E-state index contributed by atoms with van der Waals surface area (Å²) in [7, 11) is -3.72. The SMILES string of the molecule is CSCCC(C)NS(=O)(=O)c1c(NN)nc2ccccn12. The van der Waals surface area contributed by atoms with Gasteiger partial charge in [-0.3, -0.25) is 4.40 Å². The molecule has 9 heteroatoms. The zero-order valence-corrected chi connectivity index (χ0v) is 13.5. The minimum Gasteiger partial charge on any atom is -0.306 e. The van der Waals surface area contributed by atoms with Crippen LogP contribution in [-0.2, 0) is 10.0 Å². The largest absolute Gasteiger partial charge is 0.306 e. The number of nitrogen functional groups attached to an aromatic ring is 1. The van der Waals surface area contributed by atoms with E-state index in [0.717, 1.165) is 12.2 Å². The molecule has 0 saturated heterocycles. The topological polar surface area (TPSA) is 102 Å². The Morgan fingerprint density at radius 2 is 2.24 bits per heavy atom. The van der Waals surface area contributed by atoms with Gasteiger partial charge in [0.1, 0.15) is 5.65 Å². The van der Waals surface area contributed by atoms with Gasteiger partial charge in [-0.1, -0.05) is 6.07 Å². The fourth-order valence-electron chi connectivity index (χ4n) is 2.00. The van der Waals surface area contributed by atoms with E-state index < -0.39 is 10.0 Å². The third kappa shape index (κ3) is 3.49. The van der Waals surface area contributed by atoms with Crippen LogP contribution in [0.1, 0.15) is 13.3 Å². The number of hydrogen-bond donors (Lipinski definition) is 3. The molecular weight excluding hydrogens is 310 g/mol. The number of hydrazine groups is 1. The number of pyridine rings is 1. The van der Waals surface area contributed by atoms with Crippen molar-refractivity contribution in [1.29, 1.82) is 0 Å². The maximum atomic E-state index is 12.6. The van der Waals surface area contributed by atoms with Gasteiger partial charge in [0.15, 0.2) is 10.8 Å². The van der Waals surface area contributed by atoms with Crippen molar-refractivity contribution >= 4 is 33.3 Å². The standard InChI is InChI=1S/C12H19N5O2S2/c1-9(6-8-20-2)16-21(18,19)12-11(15-13)14-10-5-3-4-7-17(10)12/h3-5,7,9,15-16H,6,8,13H2,1-2H3. The Hall–Kier alpha value is -1.29. The molecule has 1 unspecified atom stereocenters. The Balaban J connectivity index is 2.39. The van der Waals surface area contributed by atoms with Crippen LogP contribution in [0.3, 0.4) is 0 Å². The van der Waals surface area contributed by atoms with Gasteiger partial charge < -0.3 is 5.43 Å². The molecule has 116 valence electrons. The number of thioether (sulfide) groups is 1. The number of sulfonamides is 1. The molecule has 0 aliphatic rings. The summed E-state index contributed by atoms with van der Waals surface area (Å²) in [6.07, 6.45) is 4.38. The maximum absolute atomic E-state index is 12.6. The number of fused-ring (bicyclic) bond motifs is 1. The van der Waals surface area contributed by atoms with Gasteiger partial charge >= 0.3 is 0 Å². The van der Waals surface area contributed by atoms with Crippen LogP contribution in [0, 0.1) is 0 Å². The van der Waals surface area contributed by atoms with E-state index in [1.807, 2.05) is 13.2 Å². The molecular formula is C12H19N5O2S2. The molecule has 0 aliphatic carbocycles. The van der Waals surface area contributed by atoms with Gasteiger partial charge in [-0.15, -0.1) is 0 Å². The lowest BCUT2D eigenvalue weighted by Gasteiger charge is -2.14. The van der Waals surface area contributed by atoms with Gasteiger partial charge in [0.2, 0.25) is 0 Å². The summed E-state index contributed by atoms with van der Waals surface area (Å²) in [6.45, 7) is 1.84. The summed E-state index contributed by atoms with van der Waals surface area (Å²) in [5.41, 5.74) is 2.87. The number of aromatic nitrogens is 2. The summed E-state index contributed by atoms with van der Waals surface area (Å²) in [4.78, 5) is 4.17. The molecule has 21 heavy (non-hydrogen) atoms. The number of nitrogens with two attached hydrogens (primary N) is 1. The number of nitrogens with zero attached hydrogens (tertiary/aromatic N) is 2. The smallest absolute Gasteiger partial charge is 0.260 e. The Morgan fingerprint density at radius 1 is 1.48 bits per heavy atom. The first kappa shape index (κ1) is 16.1. The molecule has 0 spiro atoms. The zero-order valence-electron chi connectivity index (χ0n) is 11.9. The lowest BCUT2D eigenvalue weighted by Crippen LogP contribution is -2.34. The van der Waals surface area contributed by atoms with E-state index in [1.54, 1.807) is 36.2 Å². The first-order valence-electron chi connectivity index (χ1n) is 6.44. The van der Waals surface area contributed by atoms with E-state index >= 15 is 0 Å². The van der Waals surface area contributed by atoms with Crippen LogP contribution in [0.25, 0.3) is 5.65 Å². The fraction of sp³-hybridized carbons (Fsp3) is 0.417. The van der Waals surface area contributed by atoms with E-state index in [9.17, 15) is 8.42 Å². The van der Waals surface area contributed by atoms with Crippen LogP contribution in [0.5, 0.6) is 0 Å². The minimum atomic E-state index is -3.72. The Morgan fingerprint density at radius 3 is 2.90 bits per heavy atom. The first-order chi connectivity index (χ1) is 9.99. The highest BCUT2D eigenvalue weighted by Crippen LogP contribution is 2.22. The zero-order chi connectivity index (χ0) is 15.5. The highest BCUT2D eigenvalue weighted by molar-refractivity contribution is 7.98. The molecule has 2 aromatic rings. The van der Waals surface area contributed by atoms with Crippen molar-refractivity contribution in [2.24, 2.45) is 5.84 Å². The number of imidazole rings is 1. The number of hydrogen-bond acceptors (Lipinski definition) is 6. The number of anilines is 1. The van der Waals surface area contributed by atoms with Crippen LogP contribution < -0.4 is 16.0 Å². The second kappa shape index (κ2) is 6.65. The molecule has 0 amide bonds. The van der Waals surface area contributed by atoms with E-state index in [1.165, 1.54) is 4.40 Å². The average molecular weight is 329 g/mol. The van der Waals surface area contributed by atoms with E-state index in [0.29, 0.717) is 5.65 Å². The normalized spacial score (nSPS) is 13.5.